The van der Waals surface area contributed by atoms with Crippen LogP contribution in [0.5, 0.6) is 0 Å². The van der Waals surface area contributed by atoms with E-state index in [-0.39, 0.29) is 43.9 Å². The molecule has 1 amide bonds. The predicted octanol–water partition coefficient (Wildman–Crippen LogP) is 2.13. The van der Waals surface area contributed by atoms with E-state index < -0.39 is 39.4 Å². The van der Waals surface area contributed by atoms with Crippen molar-refractivity contribution in [3.63, 3.8) is 0 Å². The first-order valence-electron chi connectivity index (χ1n) is 9.70. The number of amides is 1. The number of hydrogen-bond acceptors (Lipinski definition) is 7. The fourth-order valence-electron chi connectivity index (χ4n) is 3.32. The van der Waals surface area contributed by atoms with Crippen LogP contribution in [0, 0.1) is 0 Å². The molecule has 0 atom stereocenters. The fraction of sp³-hybridized carbons (Fsp3) is 0.368. The molecule has 0 aliphatic carbocycles. The highest BCUT2D eigenvalue weighted by atomic mass is 32.2. The number of fused-ring (bicyclic) bond motifs is 1. The Morgan fingerprint density at radius 3 is 2.48 bits per heavy atom. The lowest BCUT2D eigenvalue weighted by Gasteiger charge is -2.20. The normalized spacial score (nSPS) is 12.0. The smallest absolute Gasteiger partial charge is 0.444 e. The third-order valence-electron chi connectivity index (χ3n) is 4.64. The first-order chi connectivity index (χ1) is 15.4. The Balaban J connectivity index is 2.41. The summed E-state index contributed by atoms with van der Waals surface area (Å²) in [6.45, 7) is 4.74. The molecule has 3 aromatic rings. The first kappa shape index (κ1) is 24.1. The van der Waals surface area contributed by atoms with Gasteiger partial charge in [-0.1, -0.05) is 4.41 Å². The van der Waals surface area contributed by atoms with Crippen molar-refractivity contribution in [2.45, 2.75) is 33.2 Å². The molecule has 11 nitrogen and oxygen atoms in total. The maximum Gasteiger partial charge on any atom is 0.444 e. The predicted molar refractivity (Wildman–Crippen MR) is 115 cm³/mol. The molecule has 3 rings (SSSR count). The minimum atomic E-state index is -4.48. The van der Waals surface area contributed by atoms with Gasteiger partial charge >= 0.3 is 11.8 Å². The maximum atomic E-state index is 13.9. The number of alkyl halides is 2. The average molecular weight is 485 g/mol. The Hall–Kier alpha value is -3.55. The van der Waals surface area contributed by atoms with Crippen molar-refractivity contribution in [2.24, 2.45) is 0 Å². The number of carbonyl (C=O) groups excluding carboxylic acids is 1. The largest absolute Gasteiger partial charge is 0.448 e. The SMILES string of the molecule is CCOC(=O)N(n1c(=O)[nH]c2cc(C(F)F)c(-c3ccnn3C(C)C)cc2c1=O)S(C)(=O)=O. The molecular formula is C19H21F2N5O6S. The average Bonchev–Trinajstić information content (AvgIpc) is 3.19. The number of ether oxygens (including phenoxy) is 1. The standard InChI is InChI=1S/C19H21F2N5O6S/c1-5-32-19(29)26(33(4,30)31)25-17(27)13-8-11(15-6-7-22-24(15)10(2)3)12(16(20)21)9-14(13)23-18(25)28/h6-10,16H,5H2,1-4H3,(H,23,28). The molecule has 14 heteroatoms. The van der Waals surface area contributed by atoms with Gasteiger partial charge in [-0.15, -0.1) is 4.68 Å². The monoisotopic (exact) mass is 485 g/mol. The lowest BCUT2D eigenvalue weighted by molar-refractivity contribution is 0.152. The number of nitrogens with one attached hydrogen (secondary N) is 1. The van der Waals surface area contributed by atoms with Crippen LogP contribution in [-0.4, -0.2) is 46.8 Å². The van der Waals surface area contributed by atoms with Crippen LogP contribution >= 0.6 is 0 Å². The van der Waals surface area contributed by atoms with E-state index in [4.69, 9.17) is 0 Å². The fourth-order valence-corrected chi connectivity index (χ4v) is 4.09. The topological polar surface area (TPSA) is 136 Å². The molecule has 0 aliphatic heterocycles. The number of aromatic nitrogens is 4. The van der Waals surface area contributed by atoms with Crippen molar-refractivity contribution in [1.82, 2.24) is 19.4 Å². The van der Waals surface area contributed by atoms with Crippen LogP contribution in [0.15, 0.2) is 34.0 Å². The van der Waals surface area contributed by atoms with Crippen LogP contribution < -0.4 is 15.7 Å². The molecule has 0 spiro atoms. The van der Waals surface area contributed by atoms with Crippen LogP contribution in [0.25, 0.3) is 22.2 Å². The van der Waals surface area contributed by atoms with Crippen LogP contribution in [0.4, 0.5) is 13.6 Å². The highest BCUT2D eigenvalue weighted by Gasteiger charge is 2.31. The van der Waals surface area contributed by atoms with Crippen molar-refractivity contribution in [3.05, 3.63) is 50.8 Å². The van der Waals surface area contributed by atoms with Crippen molar-refractivity contribution in [3.8, 4) is 11.3 Å². The molecule has 2 heterocycles. The van der Waals surface area contributed by atoms with Gasteiger partial charge in [-0.05, 0) is 39.0 Å². The second-order valence-corrected chi connectivity index (χ2v) is 9.10. The number of aromatic amines is 1. The van der Waals surface area contributed by atoms with E-state index in [9.17, 15) is 31.6 Å². The highest BCUT2D eigenvalue weighted by Crippen LogP contribution is 2.34. The summed E-state index contributed by atoms with van der Waals surface area (Å²) in [6.07, 6.45) is -2.43. The molecule has 0 fully saturated rings. The Bertz CT molecular complexity index is 1440. The number of rotatable bonds is 6. The summed E-state index contributed by atoms with van der Waals surface area (Å²) in [5.41, 5.74) is -3.03. The highest BCUT2D eigenvalue weighted by molar-refractivity contribution is 7.92. The Morgan fingerprint density at radius 1 is 1.27 bits per heavy atom. The van der Waals surface area contributed by atoms with E-state index in [1.54, 1.807) is 13.8 Å². The molecule has 178 valence electrons. The quantitative estimate of drug-likeness (QED) is 0.565. The molecule has 0 aliphatic rings. The third kappa shape index (κ3) is 4.37. The number of sulfonamides is 1. The maximum absolute atomic E-state index is 13.9. The van der Waals surface area contributed by atoms with Gasteiger partial charge in [0, 0.05) is 23.4 Å². The van der Waals surface area contributed by atoms with E-state index >= 15 is 0 Å². The van der Waals surface area contributed by atoms with Crippen molar-refractivity contribution in [1.29, 1.82) is 0 Å². The van der Waals surface area contributed by atoms with Gasteiger partial charge in [0.05, 0.1) is 29.5 Å². The molecular weight excluding hydrogens is 464 g/mol. The number of nitrogens with zero attached hydrogens (tertiary/aromatic N) is 4. The van der Waals surface area contributed by atoms with Crippen LogP contribution in [0.3, 0.4) is 0 Å². The van der Waals surface area contributed by atoms with E-state index in [2.05, 4.69) is 14.8 Å². The van der Waals surface area contributed by atoms with Gasteiger partial charge < -0.3 is 9.72 Å². The number of carbonyl (C=O) groups is 1. The van der Waals surface area contributed by atoms with Crippen molar-refractivity contribution >= 4 is 27.0 Å². The van der Waals surface area contributed by atoms with E-state index in [1.165, 1.54) is 23.9 Å². The van der Waals surface area contributed by atoms with Crippen LogP contribution in [-0.2, 0) is 14.8 Å². The van der Waals surface area contributed by atoms with Gasteiger partial charge in [0.15, 0.2) is 0 Å². The van der Waals surface area contributed by atoms with Crippen LogP contribution in [0.1, 0.15) is 38.8 Å². The zero-order valence-electron chi connectivity index (χ0n) is 18.1. The molecule has 0 saturated heterocycles. The zero-order chi connectivity index (χ0) is 24.7. The summed E-state index contributed by atoms with van der Waals surface area (Å²) in [7, 11) is -4.48. The second-order valence-electron chi connectivity index (χ2n) is 7.29. The number of halogens is 2. The molecule has 0 saturated carbocycles. The summed E-state index contributed by atoms with van der Waals surface area (Å²) in [5, 5.41) is 3.81. The van der Waals surface area contributed by atoms with E-state index in [1.807, 2.05) is 0 Å². The lowest BCUT2D eigenvalue weighted by Crippen LogP contribution is -2.56. The van der Waals surface area contributed by atoms with Gasteiger partial charge in [-0.3, -0.25) is 9.48 Å². The molecule has 2 aromatic heterocycles. The summed E-state index contributed by atoms with van der Waals surface area (Å²) < 4.78 is 58.3. The van der Waals surface area contributed by atoms with E-state index in [0.717, 1.165) is 12.1 Å². The Kier molecular flexibility index (Phi) is 6.40. The number of hydrogen-bond donors (Lipinski definition) is 1. The van der Waals surface area contributed by atoms with Gasteiger partial charge in [0.1, 0.15) is 0 Å². The van der Waals surface area contributed by atoms with Crippen LogP contribution in [0.2, 0.25) is 0 Å². The van der Waals surface area contributed by atoms with Crippen molar-refractivity contribution in [2.75, 3.05) is 17.3 Å². The number of H-pyrrole nitrogens is 1. The number of benzene rings is 1. The van der Waals surface area contributed by atoms with Gasteiger partial charge in [-0.25, -0.2) is 26.8 Å². The molecule has 1 N–H and O–H groups in total. The van der Waals surface area contributed by atoms with E-state index in [0.29, 0.717) is 6.26 Å². The zero-order valence-corrected chi connectivity index (χ0v) is 18.9. The molecule has 1 aromatic carbocycles. The minimum absolute atomic E-state index is 0.0403. The second kappa shape index (κ2) is 8.77. The summed E-state index contributed by atoms with van der Waals surface area (Å²) in [4.78, 5) is 40.2. The summed E-state index contributed by atoms with van der Waals surface area (Å²) >= 11 is 0. The Morgan fingerprint density at radius 2 is 1.94 bits per heavy atom. The summed E-state index contributed by atoms with van der Waals surface area (Å²) in [5.74, 6) is 0. The molecule has 33 heavy (non-hydrogen) atoms. The third-order valence-corrected chi connectivity index (χ3v) is 5.58. The molecule has 0 radical (unpaired) electrons. The van der Waals surface area contributed by atoms with Gasteiger partial charge in [0.25, 0.3) is 22.0 Å². The van der Waals surface area contributed by atoms with Crippen molar-refractivity contribution < 1.29 is 26.7 Å². The molecule has 0 bridgehead atoms. The lowest BCUT2D eigenvalue weighted by atomic mass is 10.0. The first-order valence-corrected chi connectivity index (χ1v) is 11.6. The minimum Gasteiger partial charge on any atom is -0.448 e. The molecule has 0 unspecified atom stereocenters. The van der Waals surface area contributed by atoms with Gasteiger partial charge in [0.2, 0.25) is 0 Å². The Labute approximate surface area is 186 Å². The summed E-state index contributed by atoms with van der Waals surface area (Å²) in [6, 6.07) is 3.33. The van der Waals surface area contributed by atoms with Gasteiger partial charge in [-0.2, -0.15) is 5.10 Å².